The second-order valence-electron chi connectivity index (χ2n) is 7.35. The van der Waals surface area contributed by atoms with Gasteiger partial charge in [-0.1, -0.05) is 26.0 Å². The molecule has 128 valence electrons. The Bertz CT molecular complexity index is 841. The Morgan fingerprint density at radius 3 is 2.88 bits per heavy atom. The predicted molar refractivity (Wildman–Crippen MR) is 93.7 cm³/mol. The number of nitrogens with two attached hydrogens (primary N) is 1. The van der Waals surface area contributed by atoms with Gasteiger partial charge >= 0.3 is 0 Å². The summed E-state index contributed by atoms with van der Waals surface area (Å²) in [6.07, 6.45) is 2.25. The highest BCUT2D eigenvalue weighted by Crippen LogP contribution is 2.27. The Labute approximate surface area is 141 Å². The number of nitrogens with zero attached hydrogens (tertiary/aromatic N) is 3. The average molecular weight is 328 g/mol. The first-order valence-electron chi connectivity index (χ1n) is 8.28. The molecule has 3 rings (SSSR count). The summed E-state index contributed by atoms with van der Waals surface area (Å²) in [5.74, 6) is -0.0640. The number of hydrogen-bond donors (Lipinski definition) is 1. The number of piperidine rings is 1. The maximum Gasteiger partial charge on any atom is 0.261 e. The molecule has 1 unspecified atom stereocenters. The van der Waals surface area contributed by atoms with Crippen LogP contribution in [0.15, 0.2) is 29.3 Å². The Morgan fingerprint density at radius 1 is 1.42 bits per heavy atom. The number of hydrogen-bond acceptors (Lipinski definition) is 4. The third-order valence-electron chi connectivity index (χ3n) is 5.03. The molecule has 6 heteroatoms. The van der Waals surface area contributed by atoms with E-state index in [0.717, 1.165) is 12.0 Å². The second kappa shape index (κ2) is 6.02. The highest BCUT2D eigenvalue weighted by atomic mass is 16.2. The number of rotatable bonds is 2. The molecule has 1 aliphatic rings. The number of likely N-dealkylation sites (tertiary alicyclic amines) is 1. The standard InChI is InChI=1S/C18H24N4O2/c1-12-5-4-6-13-16(12)20-11-22(17(13)24)9-15(23)21-8-7-14(19)18(2,3)10-21/h4-6,11,14H,7-10,19H2,1-3H3. The van der Waals surface area contributed by atoms with Crippen molar-refractivity contribution in [1.29, 1.82) is 0 Å². The fraction of sp³-hybridized carbons (Fsp3) is 0.500. The largest absolute Gasteiger partial charge is 0.340 e. The highest BCUT2D eigenvalue weighted by Gasteiger charge is 2.35. The van der Waals surface area contributed by atoms with Crippen LogP contribution < -0.4 is 11.3 Å². The maximum atomic E-state index is 12.6. The van der Waals surface area contributed by atoms with E-state index in [0.29, 0.717) is 24.0 Å². The van der Waals surface area contributed by atoms with E-state index < -0.39 is 0 Å². The van der Waals surface area contributed by atoms with Crippen molar-refractivity contribution in [2.45, 2.75) is 39.8 Å². The number of fused-ring (bicyclic) bond motifs is 1. The van der Waals surface area contributed by atoms with Crippen molar-refractivity contribution in [2.24, 2.45) is 11.1 Å². The number of carbonyl (C=O) groups is 1. The fourth-order valence-corrected chi connectivity index (χ4v) is 3.28. The van der Waals surface area contributed by atoms with Gasteiger partial charge in [-0.2, -0.15) is 0 Å². The molecule has 24 heavy (non-hydrogen) atoms. The lowest BCUT2D eigenvalue weighted by molar-refractivity contribution is -0.135. The van der Waals surface area contributed by atoms with Crippen molar-refractivity contribution in [3.63, 3.8) is 0 Å². The quantitative estimate of drug-likeness (QED) is 0.901. The van der Waals surface area contributed by atoms with E-state index in [2.05, 4.69) is 18.8 Å². The van der Waals surface area contributed by atoms with Crippen LogP contribution in [-0.2, 0) is 11.3 Å². The lowest BCUT2D eigenvalue weighted by Crippen LogP contribution is -2.54. The molecule has 1 amide bonds. The number of benzene rings is 1. The molecular weight excluding hydrogens is 304 g/mol. The van der Waals surface area contributed by atoms with E-state index in [1.807, 2.05) is 19.1 Å². The molecule has 0 aliphatic carbocycles. The molecule has 1 aromatic heterocycles. The molecule has 0 bridgehead atoms. The van der Waals surface area contributed by atoms with E-state index in [4.69, 9.17) is 5.73 Å². The van der Waals surface area contributed by atoms with Crippen molar-refractivity contribution < 1.29 is 4.79 Å². The lowest BCUT2D eigenvalue weighted by Gasteiger charge is -2.42. The van der Waals surface area contributed by atoms with E-state index >= 15 is 0 Å². The summed E-state index contributed by atoms with van der Waals surface area (Å²) < 4.78 is 1.39. The average Bonchev–Trinajstić information content (AvgIpc) is 2.53. The zero-order valence-corrected chi connectivity index (χ0v) is 14.5. The van der Waals surface area contributed by atoms with Crippen molar-refractivity contribution in [2.75, 3.05) is 13.1 Å². The van der Waals surface area contributed by atoms with Crippen LogP contribution in [0, 0.1) is 12.3 Å². The molecular formula is C18H24N4O2. The zero-order chi connectivity index (χ0) is 17.5. The van der Waals surface area contributed by atoms with E-state index in [1.54, 1.807) is 11.0 Å². The Balaban J connectivity index is 1.84. The lowest BCUT2D eigenvalue weighted by atomic mass is 9.79. The van der Waals surface area contributed by atoms with E-state index in [-0.39, 0.29) is 29.5 Å². The molecule has 6 nitrogen and oxygen atoms in total. The topological polar surface area (TPSA) is 81.2 Å². The second-order valence-corrected chi connectivity index (χ2v) is 7.35. The Kier molecular flexibility index (Phi) is 4.17. The molecule has 0 saturated carbocycles. The maximum absolute atomic E-state index is 12.6. The fourth-order valence-electron chi connectivity index (χ4n) is 3.28. The minimum Gasteiger partial charge on any atom is -0.340 e. The van der Waals surface area contributed by atoms with Gasteiger partial charge in [0.1, 0.15) is 6.54 Å². The minimum absolute atomic E-state index is 0.0149. The number of carbonyl (C=O) groups excluding carboxylic acids is 1. The van der Waals surface area contributed by atoms with Gasteiger partial charge in [-0.15, -0.1) is 0 Å². The first-order chi connectivity index (χ1) is 11.3. The SMILES string of the molecule is Cc1cccc2c(=O)n(CC(=O)N3CCC(N)C(C)(C)C3)cnc12. The van der Waals surface area contributed by atoms with Crippen LogP contribution in [0.1, 0.15) is 25.8 Å². The van der Waals surface area contributed by atoms with Crippen molar-refractivity contribution in [3.05, 3.63) is 40.4 Å². The van der Waals surface area contributed by atoms with E-state index in [9.17, 15) is 9.59 Å². The van der Waals surface area contributed by atoms with Crippen LogP contribution >= 0.6 is 0 Å². The summed E-state index contributed by atoms with van der Waals surface area (Å²) in [5, 5.41) is 0.547. The third-order valence-corrected chi connectivity index (χ3v) is 5.03. The number of amides is 1. The molecule has 1 atom stereocenters. The van der Waals surface area contributed by atoms with Crippen LogP contribution in [0.2, 0.25) is 0 Å². The molecule has 1 aromatic carbocycles. The number of aromatic nitrogens is 2. The summed E-state index contributed by atoms with van der Waals surface area (Å²) in [4.78, 5) is 31.4. The summed E-state index contributed by atoms with van der Waals surface area (Å²) in [6, 6.07) is 5.60. The van der Waals surface area contributed by atoms with Gasteiger partial charge in [-0.3, -0.25) is 14.2 Å². The number of aryl methyl sites for hydroxylation is 1. The van der Waals surface area contributed by atoms with Gasteiger partial charge in [-0.05, 0) is 30.4 Å². The van der Waals surface area contributed by atoms with Gasteiger partial charge in [0, 0.05) is 19.1 Å². The Hall–Kier alpha value is -2.21. The number of para-hydroxylation sites is 1. The van der Waals surface area contributed by atoms with Gasteiger partial charge in [0.15, 0.2) is 0 Å². The minimum atomic E-state index is -0.176. The Morgan fingerprint density at radius 2 is 2.17 bits per heavy atom. The van der Waals surface area contributed by atoms with Gasteiger partial charge in [0.05, 0.1) is 17.2 Å². The summed E-state index contributed by atoms with van der Waals surface area (Å²) in [6.45, 7) is 7.33. The highest BCUT2D eigenvalue weighted by molar-refractivity contribution is 5.81. The van der Waals surface area contributed by atoms with Crippen molar-refractivity contribution in [3.8, 4) is 0 Å². The summed E-state index contributed by atoms with van der Waals surface area (Å²) in [5.41, 5.74) is 7.48. The van der Waals surface area contributed by atoms with Gasteiger partial charge in [0.2, 0.25) is 5.91 Å². The first kappa shape index (κ1) is 16.6. The smallest absolute Gasteiger partial charge is 0.261 e. The van der Waals surface area contributed by atoms with Gasteiger partial charge in [0.25, 0.3) is 5.56 Å². The van der Waals surface area contributed by atoms with Crippen molar-refractivity contribution >= 4 is 16.8 Å². The molecule has 1 aliphatic heterocycles. The van der Waals surface area contributed by atoms with Crippen LogP contribution in [0.3, 0.4) is 0 Å². The molecule has 2 N–H and O–H groups in total. The molecule has 0 spiro atoms. The third kappa shape index (κ3) is 2.94. The molecule has 2 heterocycles. The summed E-state index contributed by atoms with van der Waals surface area (Å²) in [7, 11) is 0. The van der Waals surface area contributed by atoms with Crippen LogP contribution in [0.4, 0.5) is 0 Å². The normalized spacial score (nSPS) is 20.3. The van der Waals surface area contributed by atoms with E-state index in [1.165, 1.54) is 10.9 Å². The molecule has 1 saturated heterocycles. The molecule has 0 radical (unpaired) electrons. The summed E-state index contributed by atoms with van der Waals surface area (Å²) >= 11 is 0. The van der Waals surface area contributed by atoms with Crippen LogP contribution in [-0.4, -0.2) is 39.5 Å². The van der Waals surface area contributed by atoms with Crippen LogP contribution in [0.5, 0.6) is 0 Å². The molecule has 2 aromatic rings. The van der Waals surface area contributed by atoms with Crippen LogP contribution in [0.25, 0.3) is 10.9 Å². The first-order valence-corrected chi connectivity index (χ1v) is 8.28. The van der Waals surface area contributed by atoms with Crippen molar-refractivity contribution in [1.82, 2.24) is 14.5 Å². The molecule has 1 fully saturated rings. The zero-order valence-electron chi connectivity index (χ0n) is 14.5. The monoisotopic (exact) mass is 328 g/mol. The van der Waals surface area contributed by atoms with Gasteiger partial charge < -0.3 is 10.6 Å². The van der Waals surface area contributed by atoms with Gasteiger partial charge in [-0.25, -0.2) is 4.98 Å². The predicted octanol–water partition coefficient (Wildman–Crippen LogP) is 1.29.